The van der Waals surface area contributed by atoms with Gasteiger partial charge >= 0.3 is 0 Å². The molecule has 2 heterocycles. The van der Waals surface area contributed by atoms with Gasteiger partial charge in [-0.15, -0.1) is 24.0 Å². The summed E-state index contributed by atoms with van der Waals surface area (Å²) in [6.45, 7) is 10.8. The van der Waals surface area contributed by atoms with Crippen LogP contribution in [-0.4, -0.2) is 88.3 Å². The molecule has 142 valence electrons. The summed E-state index contributed by atoms with van der Waals surface area (Å²) in [5, 5.41) is 16.0. The van der Waals surface area contributed by atoms with Gasteiger partial charge in [-0.1, -0.05) is 0 Å². The largest absolute Gasteiger partial charge is 0.396 e. The van der Waals surface area contributed by atoms with Gasteiger partial charge in [0, 0.05) is 51.4 Å². The third-order valence-corrected chi connectivity index (χ3v) is 4.57. The maximum Gasteiger partial charge on any atom is 0.191 e. The van der Waals surface area contributed by atoms with Crippen molar-refractivity contribution in [1.29, 1.82) is 0 Å². The molecule has 0 amide bonds. The van der Waals surface area contributed by atoms with Crippen LogP contribution in [0.15, 0.2) is 4.99 Å². The van der Waals surface area contributed by atoms with Gasteiger partial charge in [-0.3, -0.25) is 9.89 Å². The van der Waals surface area contributed by atoms with Gasteiger partial charge in [-0.05, 0) is 19.8 Å². The van der Waals surface area contributed by atoms with Crippen molar-refractivity contribution < 1.29 is 14.6 Å². The van der Waals surface area contributed by atoms with Crippen LogP contribution < -0.4 is 10.6 Å². The Hall–Kier alpha value is -0.160. The van der Waals surface area contributed by atoms with Crippen molar-refractivity contribution in [2.75, 3.05) is 72.3 Å². The summed E-state index contributed by atoms with van der Waals surface area (Å²) in [5.74, 6) is 0.852. The predicted octanol–water partition coefficient (Wildman–Crippen LogP) is 0.281. The molecular weight excluding hydrogens is 423 g/mol. The number of aliphatic hydroxyl groups is 1. The van der Waals surface area contributed by atoms with Crippen molar-refractivity contribution in [3.63, 3.8) is 0 Å². The molecule has 0 aromatic heterocycles. The van der Waals surface area contributed by atoms with E-state index in [-0.39, 0.29) is 36.0 Å². The Morgan fingerprint density at radius 1 is 1.21 bits per heavy atom. The van der Waals surface area contributed by atoms with Crippen LogP contribution in [0.4, 0.5) is 0 Å². The quantitative estimate of drug-likeness (QED) is 0.277. The topological polar surface area (TPSA) is 78.4 Å². The van der Waals surface area contributed by atoms with Crippen LogP contribution in [0, 0.1) is 5.41 Å². The van der Waals surface area contributed by atoms with Gasteiger partial charge in [-0.2, -0.15) is 0 Å². The average molecular weight is 456 g/mol. The molecule has 0 aromatic carbocycles. The molecule has 2 aliphatic heterocycles. The number of aliphatic imine (C=N–C) groups is 1. The van der Waals surface area contributed by atoms with Gasteiger partial charge in [0.25, 0.3) is 0 Å². The minimum Gasteiger partial charge on any atom is -0.396 e. The Labute approximate surface area is 162 Å². The Kier molecular flexibility index (Phi) is 11.2. The smallest absolute Gasteiger partial charge is 0.191 e. The van der Waals surface area contributed by atoms with Crippen LogP contribution in [-0.2, 0) is 9.47 Å². The first-order valence-corrected chi connectivity index (χ1v) is 8.79. The van der Waals surface area contributed by atoms with Crippen molar-refractivity contribution in [1.82, 2.24) is 15.5 Å². The molecule has 1 unspecified atom stereocenters. The minimum absolute atomic E-state index is 0. The number of aliphatic hydroxyl groups excluding tert-OH is 1. The highest BCUT2D eigenvalue weighted by molar-refractivity contribution is 14.0. The molecule has 24 heavy (non-hydrogen) atoms. The fourth-order valence-corrected chi connectivity index (χ4v) is 3.03. The van der Waals surface area contributed by atoms with Crippen molar-refractivity contribution >= 4 is 29.9 Å². The van der Waals surface area contributed by atoms with Gasteiger partial charge < -0.3 is 25.2 Å². The number of ether oxygens (including phenoxy) is 2. The number of guanidine groups is 1. The number of hydrogen-bond acceptors (Lipinski definition) is 5. The van der Waals surface area contributed by atoms with Crippen molar-refractivity contribution in [2.45, 2.75) is 19.8 Å². The van der Waals surface area contributed by atoms with E-state index < -0.39 is 0 Å². The van der Waals surface area contributed by atoms with E-state index in [9.17, 15) is 5.11 Å². The Bertz CT molecular complexity index is 359. The summed E-state index contributed by atoms with van der Waals surface area (Å²) in [6, 6.07) is 0. The van der Waals surface area contributed by atoms with E-state index >= 15 is 0 Å². The number of morpholine rings is 1. The van der Waals surface area contributed by atoms with E-state index in [0.29, 0.717) is 13.2 Å². The summed E-state index contributed by atoms with van der Waals surface area (Å²) in [5.41, 5.74) is 0.00130. The van der Waals surface area contributed by atoms with Gasteiger partial charge in [-0.25, -0.2) is 0 Å². The zero-order valence-corrected chi connectivity index (χ0v) is 17.1. The average Bonchev–Trinajstić information content (AvgIpc) is 3.03. The highest BCUT2D eigenvalue weighted by Gasteiger charge is 2.34. The van der Waals surface area contributed by atoms with Crippen LogP contribution in [0.5, 0.6) is 0 Å². The molecule has 2 rings (SSSR count). The molecule has 2 saturated heterocycles. The monoisotopic (exact) mass is 456 g/mol. The summed E-state index contributed by atoms with van der Waals surface area (Å²) >= 11 is 0. The summed E-state index contributed by atoms with van der Waals surface area (Å²) in [7, 11) is 0. The second kappa shape index (κ2) is 12.2. The SMILES string of the molecule is CCNC(=NCC1(CCO)CCOC1)NCCN1CCOCC1.I. The Morgan fingerprint density at radius 3 is 2.62 bits per heavy atom. The third kappa shape index (κ3) is 7.38. The van der Waals surface area contributed by atoms with E-state index in [1.54, 1.807) is 0 Å². The molecule has 0 aliphatic carbocycles. The zero-order valence-electron chi connectivity index (χ0n) is 14.8. The zero-order chi connectivity index (χ0) is 16.4. The second-order valence-corrected chi connectivity index (χ2v) is 6.35. The van der Waals surface area contributed by atoms with Gasteiger partial charge in [0.1, 0.15) is 0 Å². The fourth-order valence-electron chi connectivity index (χ4n) is 3.03. The molecule has 7 nitrogen and oxygen atoms in total. The predicted molar refractivity (Wildman–Crippen MR) is 106 cm³/mol. The van der Waals surface area contributed by atoms with Gasteiger partial charge in [0.15, 0.2) is 5.96 Å². The van der Waals surface area contributed by atoms with Crippen LogP contribution in [0.3, 0.4) is 0 Å². The molecule has 0 radical (unpaired) electrons. The third-order valence-electron chi connectivity index (χ3n) is 4.57. The van der Waals surface area contributed by atoms with E-state index in [1.165, 1.54) is 0 Å². The normalized spacial score (nSPS) is 25.3. The van der Waals surface area contributed by atoms with Crippen molar-refractivity contribution in [3.8, 4) is 0 Å². The molecule has 0 aromatic rings. The van der Waals surface area contributed by atoms with Gasteiger partial charge in [0.05, 0.1) is 26.4 Å². The molecule has 0 saturated carbocycles. The molecule has 1 atom stereocenters. The maximum absolute atomic E-state index is 9.30. The lowest BCUT2D eigenvalue weighted by Gasteiger charge is -2.27. The molecule has 0 spiro atoms. The van der Waals surface area contributed by atoms with Crippen LogP contribution in [0.1, 0.15) is 19.8 Å². The van der Waals surface area contributed by atoms with Gasteiger partial charge in [0.2, 0.25) is 0 Å². The van der Waals surface area contributed by atoms with Crippen LogP contribution in [0.2, 0.25) is 0 Å². The number of nitrogens with zero attached hydrogens (tertiary/aromatic N) is 2. The fraction of sp³-hybridized carbons (Fsp3) is 0.938. The molecule has 8 heteroatoms. The summed E-state index contributed by atoms with van der Waals surface area (Å²) in [6.07, 6.45) is 1.73. The summed E-state index contributed by atoms with van der Waals surface area (Å²) in [4.78, 5) is 7.13. The molecule has 2 fully saturated rings. The minimum atomic E-state index is 0. The van der Waals surface area contributed by atoms with Crippen LogP contribution >= 0.6 is 24.0 Å². The molecule has 0 bridgehead atoms. The standard InChI is InChI=1S/C16H32N4O3.HI/c1-2-17-15(18-5-6-20-7-11-22-12-8-20)19-13-16(3-9-21)4-10-23-14-16;/h21H,2-14H2,1H3,(H2,17,18,19);1H. The number of nitrogens with one attached hydrogen (secondary N) is 2. The lowest BCUT2D eigenvalue weighted by atomic mass is 9.84. The number of hydrogen-bond donors (Lipinski definition) is 3. The van der Waals surface area contributed by atoms with Crippen LogP contribution in [0.25, 0.3) is 0 Å². The number of rotatable bonds is 8. The molecule has 2 aliphatic rings. The lowest BCUT2D eigenvalue weighted by Crippen LogP contribution is -2.44. The molecule has 3 N–H and O–H groups in total. The second-order valence-electron chi connectivity index (χ2n) is 6.35. The molecular formula is C16H33IN4O3. The lowest BCUT2D eigenvalue weighted by molar-refractivity contribution is 0.0389. The Balaban J connectivity index is 0.00000288. The van der Waals surface area contributed by atoms with E-state index in [0.717, 1.165) is 71.3 Å². The Morgan fingerprint density at radius 2 is 2.00 bits per heavy atom. The summed E-state index contributed by atoms with van der Waals surface area (Å²) < 4.78 is 10.9. The van der Waals surface area contributed by atoms with Crippen molar-refractivity contribution in [3.05, 3.63) is 0 Å². The number of halogens is 1. The maximum atomic E-state index is 9.30. The first kappa shape index (κ1) is 21.9. The highest BCUT2D eigenvalue weighted by Crippen LogP contribution is 2.32. The highest BCUT2D eigenvalue weighted by atomic mass is 127. The van der Waals surface area contributed by atoms with E-state index in [2.05, 4.69) is 22.5 Å². The first-order chi connectivity index (χ1) is 11.3. The van der Waals surface area contributed by atoms with E-state index in [4.69, 9.17) is 14.5 Å². The van der Waals surface area contributed by atoms with Crippen molar-refractivity contribution in [2.24, 2.45) is 10.4 Å². The first-order valence-electron chi connectivity index (χ1n) is 8.79. The van der Waals surface area contributed by atoms with E-state index in [1.807, 2.05) is 0 Å².